The molecule has 2 N–H and O–H groups in total. The second-order valence-corrected chi connectivity index (χ2v) is 7.33. The van der Waals surface area contributed by atoms with Crippen LogP contribution in [0.3, 0.4) is 0 Å². The Morgan fingerprint density at radius 2 is 2.04 bits per heavy atom. The first-order chi connectivity index (χ1) is 11.6. The van der Waals surface area contributed by atoms with E-state index in [1.807, 2.05) is 0 Å². The van der Waals surface area contributed by atoms with E-state index in [0.717, 1.165) is 12.8 Å². The normalized spacial score (nSPS) is 15.7. The lowest BCUT2D eigenvalue weighted by molar-refractivity contribution is -0.122. The van der Waals surface area contributed by atoms with Crippen LogP contribution in [0.4, 0.5) is 0 Å². The molecular formula is C17H23N3O3S. The Morgan fingerprint density at radius 1 is 1.25 bits per heavy atom. The molecule has 1 aliphatic carbocycles. The number of thiophene rings is 1. The van der Waals surface area contributed by atoms with E-state index >= 15 is 0 Å². The zero-order valence-electron chi connectivity index (χ0n) is 13.7. The molecule has 2 aromatic rings. The van der Waals surface area contributed by atoms with Gasteiger partial charge in [-0.3, -0.25) is 14.2 Å². The predicted molar refractivity (Wildman–Crippen MR) is 95.6 cm³/mol. The number of hydrogen-bond donors (Lipinski definition) is 2. The highest BCUT2D eigenvalue weighted by Crippen LogP contribution is 2.17. The van der Waals surface area contributed by atoms with Gasteiger partial charge in [-0.15, -0.1) is 11.3 Å². The van der Waals surface area contributed by atoms with Crippen molar-refractivity contribution in [2.24, 2.45) is 0 Å². The molecule has 6 nitrogen and oxygen atoms in total. The Balaban J connectivity index is 1.49. The van der Waals surface area contributed by atoms with E-state index < -0.39 is 0 Å². The molecule has 7 heteroatoms. The monoisotopic (exact) mass is 349 g/mol. The number of aromatic amines is 1. The van der Waals surface area contributed by atoms with E-state index in [4.69, 9.17) is 0 Å². The largest absolute Gasteiger partial charge is 0.353 e. The van der Waals surface area contributed by atoms with E-state index in [9.17, 15) is 14.4 Å². The zero-order valence-corrected chi connectivity index (χ0v) is 14.5. The molecule has 2 aromatic heterocycles. The Morgan fingerprint density at radius 3 is 2.83 bits per heavy atom. The number of aromatic nitrogens is 2. The van der Waals surface area contributed by atoms with E-state index in [0.29, 0.717) is 42.1 Å². The molecule has 1 saturated carbocycles. The second-order valence-electron chi connectivity index (χ2n) is 6.41. The Kier molecular flexibility index (Phi) is 5.50. The van der Waals surface area contributed by atoms with E-state index in [1.165, 1.54) is 35.2 Å². The van der Waals surface area contributed by atoms with Gasteiger partial charge < -0.3 is 10.3 Å². The van der Waals surface area contributed by atoms with Crippen LogP contribution in [0.2, 0.25) is 0 Å². The van der Waals surface area contributed by atoms with Gasteiger partial charge in [-0.1, -0.05) is 19.3 Å². The summed E-state index contributed by atoms with van der Waals surface area (Å²) >= 11 is 1.33. The van der Waals surface area contributed by atoms with Crippen molar-refractivity contribution in [3.8, 4) is 0 Å². The van der Waals surface area contributed by atoms with E-state index in [1.54, 1.807) is 11.4 Å². The summed E-state index contributed by atoms with van der Waals surface area (Å²) in [6.07, 6.45) is 7.58. The van der Waals surface area contributed by atoms with Crippen LogP contribution in [0.15, 0.2) is 21.0 Å². The molecule has 0 unspecified atom stereocenters. The predicted octanol–water partition coefficient (Wildman–Crippen LogP) is 2.37. The third kappa shape index (κ3) is 3.95. The topological polar surface area (TPSA) is 84.0 Å². The van der Waals surface area contributed by atoms with Crippen molar-refractivity contribution in [2.45, 2.75) is 64.0 Å². The fourth-order valence-electron chi connectivity index (χ4n) is 3.28. The third-order valence-corrected chi connectivity index (χ3v) is 5.50. The lowest BCUT2D eigenvalue weighted by atomic mass is 9.95. The lowest BCUT2D eigenvalue weighted by Crippen LogP contribution is -2.36. The molecule has 0 saturated heterocycles. The van der Waals surface area contributed by atoms with Gasteiger partial charge in [-0.05, 0) is 37.1 Å². The first-order valence-corrected chi connectivity index (χ1v) is 9.53. The first kappa shape index (κ1) is 17.0. The van der Waals surface area contributed by atoms with Crippen molar-refractivity contribution < 1.29 is 4.79 Å². The van der Waals surface area contributed by atoms with Gasteiger partial charge in [-0.25, -0.2) is 4.79 Å². The molecule has 24 heavy (non-hydrogen) atoms. The van der Waals surface area contributed by atoms with Crippen LogP contribution >= 0.6 is 11.3 Å². The van der Waals surface area contributed by atoms with Crippen LogP contribution in [0.5, 0.6) is 0 Å². The summed E-state index contributed by atoms with van der Waals surface area (Å²) < 4.78 is 1.81. The van der Waals surface area contributed by atoms with Crippen LogP contribution < -0.4 is 16.6 Å². The van der Waals surface area contributed by atoms with Gasteiger partial charge in [0.25, 0.3) is 5.56 Å². The Labute approximate surface area is 143 Å². The number of nitrogens with zero attached hydrogens (tertiary/aromatic N) is 1. The van der Waals surface area contributed by atoms with Gasteiger partial charge in [-0.2, -0.15) is 0 Å². The lowest BCUT2D eigenvalue weighted by Gasteiger charge is -2.22. The van der Waals surface area contributed by atoms with Gasteiger partial charge >= 0.3 is 5.69 Å². The average molecular weight is 349 g/mol. The van der Waals surface area contributed by atoms with E-state index in [2.05, 4.69) is 10.3 Å². The number of hydrogen-bond acceptors (Lipinski definition) is 4. The van der Waals surface area contributed by atoms with Crippen molar-refractivity contribution >= 4 is 27.5 Å². The maximum absolute atomic E-state index is 12.3. The fraction of sp³-hybridized carbons (Fsp3) is 0.588. The van der Waals surface area contributed by atoms with Gasteiger partial charge in [0.2, 0.25) is 5.91 Å². The number of H-pyrrole nitrogens is 1. The van der Waals surface area contributed by atoms with Crippen LogP contribution in [-0.4, -0.2) is 21.5 Å². The summed E-state index contributed by atoms with van der Waals surface area (Å²) in [5, 5.41) is 4.88. The Bertz CT molecular complexity index is 814. The molecule has 1 fully saturated rings. The standard InChI is InChI=1S/C17H23N3O3S/c21-14(18-12-6-2-1-3-7-12)8-4-5-10-20-16(22)15-13(9-11-24-15)19-17(20)23/h9,11-12H,1-8,10H2,(H,18,21)(H,19,23). The number of amides is 1. The maximum atomic E-state index is 12.3. The molecule has 130 valence electrons. The smallest absolute Gasteiger partial charge is 0.328 e. The average Bonchev–Trinajstić information content (AvgIpc) is 3.03. The zero-order chi connectivity index (χ0) is 16.9. The minimum atomic E-state index is -0.377. The van der Waals surface area contributed by atoms with Gasteiger partial charge in [0.15, 0.2) is 0 Å². The molecule has 0 bridgehead atoms. The number of carbonyl (C=O) groups is 1. The molecule has 1 amide bonds. The van der Waals surface area contributed by atoms with Crippen LogP contribution in [-0.2, 0) is 11.3 Å². The number of rotatable bonds is 6. The number of fused-ring (bicyclic) bond motifs is 1. The highest BCUT2D eigenvalue weighted by molar-refractivity contribution is 7.17. The molecule has 0 spiro atoms. The molecule has 2 heterocycles. The molecule has 0 aromatic carbocycles. The number of unbranched alkanes of at least 4 members (excludes halogenated alkanes) is 1. The van der Waals surface area contributed by atoms with Gasteiger partial charge in [0.05, 0.1) is 5.52 Å². The second kappa shape index (κ2) is 7.79. The third-order valence-electron chi connectivity index (χ3n) is 4.60. The van der Waals surface area contributed by atoms with Crippen molar-refractivity contribution in [2.75, 3.05) is 0 Å². The summed E-state index contributed by atoms with van der Waals surface area (Å²) in [6.45, 7) is 0.346. The Hall–Kier alpha value is -1.89. The van der Waals surface area contributed by atoms with Crippen molar-refractivity contribution in [1.29, 1.82) is 0 Å². The van der Waals surface area contributed by atoms with E-state index in [-0.39, 0.29) is 17.2 Å². The van der Waals surface area contributed by atoms with Crippen molar-refractivity contribution in [3.05, 3.63) is 32.3 Å². The SMILES string of the molecule is O=C(CCCCn1c(=O)[nH]c2ccsc2c1=O)NC1CCCCC1. The maximum Gasteiger partial charge on any atom is 0.328 e. The minimum Gasteiger partial charge on any atom is -0.353 e. The molecule has 1 aliphatic rings. The quantitative estimate of drug-likeness (QED) is 0.785. The summed E-state index contributed by atoms with van der Waals surface area (Å²) in [4.78, 5) is 38.9. The van der Waals surface area contributed by atoms with Gasteiger partial charge in [0.1, 0.15) is 4.70 Å². The molecular weight excluding hydrogens is 326 g/mol. The number of carbonyl (C=O) groups excluding carboxylic acids is 1. The molecule has 3 rings (SSSR count). The summed E-state index contributed by atoms with van der Waals surface area (Å²) in [5.74, 6) is 0.0804. The summed E-state index contributed by atoms with van der Waals surface area (Å²) in [6, 6.07) is 2.07. The summed E-state index contributed by atoms with van der Waals surface area (Å²) in [7, 11) is 0. The highest BCUT2D eigenvalue weighted by atomic mass is 32.1. The van der Waals surface area contributed by atoms with Crippen molar-refractivity contribution in [3.63, 3.8) is 0 Å². The summed E-state index contributed by atoms with van der Waals surface area (Å²) in [5.41, 5.74) is -0.0222. The highest BCUT2D eigenvalue weighted by Gasteiger charge is 2.15. The number of nitrogens with one attached hydrogen (secondary N) is 2. The van der Waals surface area contributed by atoms with Crippen LogP contribution in [0.1, 0.15) is 51.4 Å². The molecule has 0 aliphatic heterocycles. The van der Waals surface area contributed by atoms with Crippen LogP contribution in [0, 0.1) is 0 Å². The van der Waals surface area contributed by atoms with Gasteiger partial charge in [0, 0.05) is 19.0 Å². The first-order valence-electron chi connectivity index (χ1n) is 8.65. The van der Waals surface area contributed by atoms with Crippen molar-refractivity contribution in [1.82, 2.24) is 14.9 Å². The minimum absolute atomic E-state index is 0.0804. The van der Waals surface area contributed by atoms with Crippen LogP contribution in [0.25, 0.3) is 10.2 Å². The fourth-order valence-corrected chi connectivity index (χ4v) is 4.07. The molecule has 0 atom stereocenters. The molecule has 0 radical (unpaired) electrons.